The summed E-state index contributed by atoms with van der Waals surface area (Å²) in [5.74, 6) is -2.65. The third-order valence-electron chi connectivity index (χ3n) is 8.14. The Morgan fingerprint density at radius 1 is 1.02 bits per heavy atom. The average molecular weight is 579 g/mol. The number of amides is 1. The summed E-state index contributed by atoms with van der Waals surface area (Å²) in [6.07, 6.45) is 3.80. The van der Waals surface area contributed by atoms with Gasteiger partial charge in [0.25, 0.3) is 11.8 Å². The molecule has 13 heteroatoms. The fraction of sp³-hybridized carbons (Fsp3) is 0.593. The summed E-state index contributed by atoms with van der Waals surface area (Å²) in [5.41, 5.74) is 1.77. The number of aliphatic hydroxyl groups is 1. The molecule has 2 saturated heterocycles. The van der Waals surface area contributed by atoms with E-state index in [1.807, 2.05) is 0 Å². The minimum Gasteiger partial charge on any atom is -0.395 e. The zero-order valence-electron chi connectivity index (χ0n) is 22.8. The summed E-state index contributed by atoms with van der Waals surface area (Å²) < 4.78 is 55.7. The summed E-state index contributed by atoms with van der Waals surface area (Å²) in [6.45, 7) is 4.61. The van der Waals surface area contributed by atoms with Gasteiger partial charge in [0.15, 0.2) is 0 Å². The number of halogens is 2. The lowest BCUT2D eigenvalue weighted by atomic mass is 9.93. The largest absolute Gasteiger partial charge is 0.395 e. The Hall–Kier alpha value is -2.90. The van der Waals surface area contributed by atoms with E-state index in [0.29, 0.717) is 35.4 Å². The number of benzene rings is 1. The smallest absolute Gasteiger partial charge is 0.258 e. The number of hydrogen-bond donors (Lipinski definition) is 3. The molecule has 1 aromatic carbocycles. The van der Waals surface area contributed by atoms with Crippen LogP contribution in [0.3, 0.4) is 0 Å². The lowest BCUT2D eigenvalue weighted by Gasteiger charge is -2.35. The van der Waals surface area contributed by atoms with Crippen LogP contribution in [0.15, 0.2) is 29.2 Å². The zero-order valence-corrected chi connectivity index (χ0v) is 23.6. The van der Waals surface area contributed by atoms with E-state index in [9.17, 15) is 27.1 Å². The Morgan fingerprint density at radius 3 is 2.30 bits per heavy atom. The van der Waals surface area contributed by atoms with Crippen molar-refractivity contribution in [3.8, 4) is 0 Å². The molecule has 3 fully saturated rings. The van der Waals surface area contributed by atoms with Gasteiger partial charge in [-0.15, -0.1) is 0 Å². The number of rotatable bonds is 8. The second kappa shape index (κ2) is 10.8. The molecule has 1 spiro atoms. The number of nitrogens with one attached hydrogen (secondary N) is 2. The fourth-order valence-corrected chi connectivity index (χ4v) is 6.63. The highest BCUT2D eigenvalue weighted by atomic mass is 32.2. The first-order valence-corrected chi connectivity index (χ1v) is 15.2. The molecule has 3 aliphatic rings. The molecule has 40 heavy (non-hydrogen) atoms. The average Bonchev–Trinajstić information content (AvgIpc) is 3.66. The van der Waals surface area contributed by atoms with Crippen LogP contribution in [0.4, 0.5) is 26.2 Å². The predicted octanol–water partition coefficient (Wildman–Crippen LogP) is 3.31. The molecule has 1 atom stereocenters. The van der Waals surface area contributed by atoms with Crippen LogP contribution < -0.4 is 19.8 Å². The van der Waals surface area contributed by atoms with E-state index >= 15 is 0 Å². The van der Waals surface area contributed by atoms with Crippen molar-refractivity contribution in [1.82, 2.24) is 14.7 Å². The van der Waals surface area contributed by atoms with E-state index in [-0.39, 0.29) is 49.2 Å². The number of hydrogen-bond acceptors (Lipinski definition) is 8. The molecule has 1 amide bonds. The van der Waals surface area contributed by atoms with Gasteiger partial charge in [-0.3, -0.25) is 4.79 Å². The van der Waals surface area contributed by atoms with Crippen molar-refractivity contribution in [2.75, 3.05) is 47.9 Å². The van der Waals surface area contributed by atoms with Gasteiger partial charge in [-0.2, -0.15) is 4.98 Å². The van der Waals surface area contributed by atoms with E-state index < -0.39 is 27.9 Å². The monoisotopic (exact) mass is 578 g/mol. The Bertz CT molecular complexity index is 1370. The van der Waals surface area contributed by atoms with Crippen molar-refractivity contribution in [2.45, 2.75) is 69.2 Å². The fourth-order valence-electron chi connectivity index (χ4n) is 5.38. The maximum Gasteiger partial charge on any atom is 0.258 e. The molecule has 5 rings (SSSR count). The number of aliphatic hydroxyl groups excluding tert-OH is 1. The van der Waals surface area contributed by atoms with Crippen LogP contribution in [-0.2, 0) is 10.0 Å². The molecule has 2 aromatic rings. The molecule has 2 aliphatic heterocycles. The maximum atomic E-state index is 13.7. The van der Waals surface area contributed by atoms with Crippen LogP contribution in [0.25, 0.3) is 0 Å². The molecule has 0 bridgehead atoms. The van der Waals surface area contributed by atoms with Gasteiger partial charge in [-0.05, 0) is 63.1 Å². The van der Waals surface area contributed by atoms with Gasteiger partial charge < -0.3 is 20.2 Å². The Morgan fingerprint density at radius 2 is 1.68 bits per heavy atom. The molecule has 1 aliphatic carbocycles. The van der Waals surface area contributed by atoms with Crippen molar-refractivity contribution < 1.29 is 27.1 Å². The minimum absolute atomic E-state index is 0.00752. The molecule has 1 aromatic heterocycles. The number of nitrogens with zero attached hydrogens (tertiary/aromatic N) is 4. The van der Waals surface area contributed by atoms with Gasteiger partial charge in [0.1, 0.15) is 5.82 Å². The van der Waals surface area contributed by atoms with E-state index in [0.717, 1.165) is 12.8 Å². The summed E-state index contributed by atoms with van der Waals surface area (Å²) in [6, 6.07) is 5.32. The molecular formula is C27H36F2N6O4S. The number of anilines is 3. The Balaban J connectivity index is 1.41. The van der Waals surface area contributed by atoms with Crippen LogP contribution in [0.5, 0.6) is 0 Å². The van der Waals surface area contributed by atoms with Crippen LogP contribution in [-0.4, -0.2) is 74.1 Å². The molecule has 0 unspecified atom stereocenters. The van der Waals surface area contributed by atoms with E-state index in [2.05, 4.69) is 24.9 Å². The van der Waals surface area contributed by atoms with E-state index in [1.165, 1.54) is 31.0 Å². The summed E-state index contributed by atoms with van der Waals surface area (Å²) >= 11 is 0. The van der Waals surface area contributed by atoms with E-state index in [1.54, 1.807) is 24.8 Å². The first kappa shape index (κ1) is 28.6. The van der Waals surface area contributed by atoms with Crippen molar-refractivity contribution in [3.63, 3.8) is 0 Å². The maximum absolute atomic E-state index is 13.7. The number of carbonyl (C=O) groups excluding carboxylic acids is 1. The molecule has 0 radical (unpaired) electrons. The highest BCUT2D eigenvalue weighted by Gasteiger charge is 2.44. The normalized spacial score (nSPS) is 20.8. The summed E-state index contributed by atoms with van der Waals surface area (Å²) in [7, 11) is -3.92. The topological polar surface area (TPSA) is 128 Å². The van der Waals surface area contributed by atoms with Crippen molar-refractivity contribution >= 4 is 33.4 Å². The molecule has 1 saturated carbocycles. The molecule has 3 N–H and O–H groups in total. The minimum atomic E-state index is -3.92. The number of piperidine rings is 2. The summed E-state index contributed by atoms with van der Waals surface area (Å²) in [5, 5.41) is 12.1. The molecular weight excluding hydrogens is 542 g/mol. The lowest BCUT2D eigenvalue weighted by Crippen LogP contribution is -2.40. The van der Waals surface area contributed by atoms with Crippen LogP contribution in [0, 0.1) is 12.3 Å². The molecule has 218 valence electrons. The number of alkyl halides is 2. The van der Waals surface area contributed by atoms with Crippen molar-refractivity contribution in [3.05, 3.63) is 35.5 Å². The quantitative estimate of drug-likeness (QED) is 0.436. The van der Waals surface area contributed by atoms with Crippen LogP contribution in [0.2, 0.25) is 0 Å². The second-order valence-corrected chi connectivity index (χ2v) is 13.1. The van der Waals surface area contributed by atoms with Crippen LogP contribution >= 0.6 is 0 Å². The zero-order chi connectivity index (χ0) is 28.7. The molecule has 3 heterocycles. The highest BCUT2D eigenvalue weighted by molar-refractivity contribution is 7.89. The lowest BCUT2D eigenvalue weighted by molar-refractivity contribution is -0.0222. The van der Waals surface area contributed by atoms with Gasteiger partial charge in [0, 0.05) is 56.8 Å². The predicted molar refractivity (Wildman–Crippen MR) is 148 cm³/mol. The summed E-state index contributed by atoms with van der Waals surface area (Å²) in [4.78, 5) is 26.1. The number of aromatic nitrogens is 2. The van der Waals surface area contributed by atoms with Gasteiger partial charge in [0.2, 0.25) is 16.0 Å². The van der Waals surface area contributed by atoms with Gasteiger partial charge >= 0.3 is 0 Å². The number of aryl methyl sites for hydroxylation is 1. The Labute approximate surface area is 233 Å². The van der Waals surface area contributed by atoms with Crippen LogP contribution in [0.1, 0.15) is 61.5 Å². The first-order valence-electron chi connectivity index (χ1n) is 13.7. The number of sulfonamides is 1. The van der Waals surface area contributed by atoms with Gasteiger partial charge in [0.05, 0.1) is 22.8 Å². The van der Waals surface area contributed by atoms with Crippen molar-refractivity contribution in [1.29, 1.82) is 0 Å². The SMILES string of the molecule is Cc1cc(NC(=O)c2ccc(S(=O)(=O)N[C@H](C)CO)cc2N2CCC3(CC2)CC3)nc(N2CCC(F)(F)CC2)n1. The first-order chi connectivity index (χ1) is 18.9. The Kier molecular flexibility index (Phi) is 7.75. The highest BCUT2D eigenvalue weighted by Crippen LogP contribution is 2.54. The van der Waals surface area contributed by atoms with Gasteiger partial charge in [-0.1, -0.05) is 0 Å². The standard InChI is InChI=1S/C27H36F2N6O4S/c1-18-15-23(32-25(30-18)35-13-9-27(28,29)10-14-35)31-24(37)21-4-3-20(40(38,39)33-19(2)17-36)16-22(21)34-11-7-26(5-6-26)8-12-34/h3-4,15-16,19,33,36H,5-14,17H2,1-2H3,(H,30,31,32,37)/t19-/m1/s1. The molecule has 10 nitrogen and oxygen atoms in total. The third kappa shape index (κ3) is 6.36. The second-order valence-electron chi connectivity index (χ2n) is 11.4. The van der Waals surface area contributed by atoms with Crippen molar-refractivity contribution in [2.24, 2.45) is 5.41 Å². The van der Waals surface area contributed by atoms with Gasteiger partial charge in [-0.25, -0.2) is 26.9 Å². The number of carbonyl (C=O) groups is 1. The van der Waals surface area contributed by atoms with E-state index in [4.69, 9.17) is 0 Å². The third-order valence-corrected chi connectivity index (χ3v) is 9.73.